The lowest BCUT2D eigenvalue weighted by Gasteiger charge is -2.23. The normalized spacial score (nSPS) is 12.8. The monoisotopic (exact) mass is 408 g/mol. The second-order valence-corrected chi connectivity index (χ2v) is 8.90. The maximum atomic E-state index is 13.2. The van der Waals surface area contributed by atoms with Crippen LogP contribution in [-0.4, -0.2) is 31.2 Å². The van der Waals surface area contributed by atoms with E-state index in [4.69, 9.17) is 11.6 Å². The number of hydrogen-bond donors (Lipinski definition) is 1. The van der Waals surface area contributed by atoms with Crippen molar-refractivity contribution in [3.63, 3.8) is 0 Å². The number of carbonyl (C=O) groups is 1. The molecule has 7 heteroatoms. The van der Waals surface area contributed by atoms with E-state index >= 15 is 0 Å². The van der Waals surface area contributed by atoms with Crippen molar-refractivity contribution in [3.05, 3.63) is 64.7 Å². The smallest absolute Gasteiger partial charge is 0.243 e. The summed E-state index contributed by atoms with van der Waals surface area (Å²) < 4.78 is 27.5. The Kier molecular flexibility index (Phi) is 7.41. The van der Waals surface area contributed by atoms with Crippen LogP contribution in [0, 0.1) is 6.92 Å². The fourth-order valence-electron chi connectivity index (χ4n) is 2.48. The Bertz CT molecular complexity index is 882. The van der Waals surface area contributed by atoms with Crippen LogP contribution in [0.3, 0.4) is 0 Å². The Labute approximate surface area is 166 Å². The van der Waals surface area contributed by atoms with E-state index in [1.165, 1.54) is 0 Å². The molecule has 0 radical (unpaired) electrons. The van der Waals surface area contributed by atoms with Gasteiger partial charge in [0.05, 0.1) is 11.4 Å². The molecule has 5 nitrogen and oxygen atoms in total. The highest BCUT2D eigenvalue weighted by atomic mass is 35.5. The maximum absolute atomic E-state index is 13.2. The second kappa shape index (κ2) is 9.35. The van der Waals surface area contributed by atoms with Crippen LogP contribution in [0.1, 0.15) is 31.4 Å². The van der Waals surface area contributed by atoms with Gasteiger partial charge >= 0.3 is 0 Å². The molecule has 0 saturated heterocycles. The number of halogens is 1. The molecule has 2 aromatic carbocycles. The lowest BCUT2D eigenvalue weighted by Crippen LogP contribution is -2.43. The van der Waals surface area contributed by atoms with E-state index in [0.717, 1.165) is 16.3 Å². The molecule has 0 fully saturated rings. The first-order chi connectivity index (χ1) is 12.7. The van der Waals surface area contributed by atoms with Crippen molar-refractivity contribution in [2.75, 3.05) is 6.54 Å². The van der Waals surface area contributed by atoms with Crippen LogP contribution in [0.2, 0.25) is 5.02 Å². The Morgan fingerprint density at radius 1 is 1.15 bits per heavy atom. The van der Waals surface area contributed by atoms with Crippen LogP contribution in [0.4, 0.5) is 0 Å². The third-order valence-corrected chi connectivity index (χ3v) is 6.48. The minimum Gasteiger partial charge on any atom is -0.353 e. The first-order valence-corrected chi connectivity index (χ1v) is 10.7. The van der Waals surface area contributed by atoms with Gasteiger partial charge in [0.15, 0.2) is 0 Å². The number of aryl methyl sites for hydroxylation is 1. The van der Waals surface area contributed by atoms with E-state index in [0.29, 0.717) is 10.6 Å². The molecule has 0 bridgehead atoms. The van der Waals surface area contributed by atoms with E-state index in [1.54, 1.807) is 48.5 Å². The van der Waals surface area contributed by atoms with E-state index < -0.39 is 10.0 Å². The van der Waals surface area contributed by atoms with Crippen molar-refractivity contribution in [2.45, 2.75) is 44.7 Å². The van der Waals surface area contributed by atoms with Crippen LogP contribution in [0.5, 0.6) is 0 Å². The third kappa shape index (κ3) is 5.79. The van der Waals surface area contributed by atoms with Gasteiger partial charge < -0.3 is 5.32 Å². The number of amides is 1. The number of rotatable bonds is 8. The Morgan fingerprint density at radius 3 is 2.37 bits per heavy atom. The van der Waals surface area contributed by atoms with Gasteiger partial charge in [-0.1, -0.05) is 54.4 Å². The van der Waals surface area contributed by atoms with Gasteiger partial charge in [0.2, 0.25) is 15.9 Å². The zero-order valence-electron chi connectivity index (χ0n) is 15.8. The Balaban J connectivity index is 2.34. The highest BCUT2D eigenvalue weighted by molar-refractivity contribution is 7.89. The second-order valence-electron chi connectivity index (χ2n) is 6.55. The summed E-state index contributed by atoms with van der Waals surface area (Å²) >= 11 is 6.21. The number of nitrogens with zero attached hydrogens (tertiary/aromatic N) is 1. The van der Waals surface area contributed by atoms with Crippen LogP contribution in [-0.2, 0) is 21.4 Å². The van der Waals surface area contributed by atoms with Gasteiger partial charge in [-0.15, -0.1) is 0 Å². The molecule has 2 rings (SSSR count). The van der Waals surface area contributed by atoms with Crippen molar-refractivity contribution in [1.82, 2.24) is 9.62 Å². The summed E-state index contributed by atoms with van der Waals surface area (Å²) in [5.74, 6) is -0.341. The summed E-state index contributed by atoms with van der Waals surface area (Å²) in [6.45, 7) is 5.47. The Hall–Kier alpha value is -1.89. The molecule has 0 spiro atoms. The summed E-state index contributed by atoms with van der Waals surface area (Å²) in [7, 11) is -3.86. The quantitative estimate of drug-likeness (QED) is 0.723. The predicted octanol–water partition coefficient (Wildman–Crippen LogP) is 3.75. The van der Waals surface area contributed by atoms with Crippen LogP contribution in [0.15, 0.2) is 53.4 Å². The van der Waals surface area contributed by atoms with E-state index in [2.05, 4.69) is 5.32 Å². The molecular weight excluding hydrogens is 384 g/mol. The zero-order valence-corrected chi connectivity index (χ0v) is 17.3. The molecule has 0 aliphatic carbocycles. The number of nitrogens with one attached hydrogen (secondary N) is 1. The topological polar surface area (TPSA) is 66.5 Å². The predicted molar refractivity (Wildman–Crippen MR) is 108 cm³/mol. The first kappa shape index (κ1) is 21.4. The fourth-order valence-corrected chi connectivity index (χ4v) is 4.05. The van der Waals surface area contributed by atoms with Gasteiger partial charge in [0.25, 0.3) is 0 Å². The molecule has 27 heavy (non-hydrogen) atoms. The van der Waals surface area contributed by atoms with Gasteiger partial charge in [-0.25, -0.2) is 8.42 Å². The van der Waals surface area contributed by atoms with Gasteiger partial charge in [-0.3, -0.25) is 4.79 Å². The summed E-state index contributed by atoms with van der Waals surface area (Å²) in [5.41, 5.74) is 1.60. The highest BCUT2D eigenvalue weighted by Crippen LogP contribution is 2.22. The molecule has 1 atom stereocenters. The standard InChI is InChI=1S/C20H25ClN2O3S/c1-4-16(3)22-20(24)14-23(13-17-7-5-6-8-19(17)21)27(25,26)18-11-9-15(2)10-12-18/h5-12,16H,4,13-14H2,1-3H3,(H,22,24)/t16-/m1/s1. The van der Waals surface area contributed by atoms with Gasteiger partial charge in [-0.2, -0.15) is 4.31 Å². The number of carbonyl (C=O) groups excluding carboxylic acids is 1. The number of benzene rings is 2. The van der Waals surface area contributed by atoms with Crippen molar-refractivity contribution < 1.29 is 13.2 Å². The average molecular weight is 409 g/mol. The maximum Gasteiger partial charge on any atom is 0.243 e. The van der Waals surface area contributed by atoms with E-state index in [-0.39, 0.29) is 29.9 Å². The molecule has 0 aromatic heterocycles. The first-order valence-electron chi connectivity index (χ1n) is 8.83. The van der Waals surface area contributed by atoms with Crippen molar-refractivity contribution in [1.29, 1.82) is 0 Å². The minimum absolute atomic E-state index is 0.0177. The molecule has 0 unspecified atom stereocenters. The molecular formula is C20H25ClN2O3S. The molecule has 2 aromatic rings. The minimum atomic E-state index is -3.86. The summed E-state index contributed by atoms with van der Waals surface area (Å²) in [6, 6.07) is 13.6. The molecule has 146 valence electrons. The Morgan fingerprint density at radius 2 is 1.78 bits per heavy atom. The van der Waals surface area contributed by atoms with Gasteiger partial charge in [0, 0.05) is 17.6 Å². The lowest BCUT2D eigenvalue weighted by atomic mass is 10.2. The molecule has 0 saturated carbocycles. The van der Waals surface area contributed by atoms with Gasteiger partial charge in [0.1, 0.15) is 0 Å². The number of hydrogen-bond acceptors (Lipinski definition) is 3. The SMILES string of the molecule is CC[C@@H](C)NC(=O)CN(Cc1ccccc1Cl)S(=O)(=O)c1ccc(C)cc1. The zero-order chi connectivity index (χ0) is 20.0. The summed E-state index contributed by atoms with van der Waals surface area (Å²) in [5, 5.41) is 3.28. The van der Waals surface area contributed by atoms with Crippen molar-refractivity contribution >= 4 is 27.5 Å². The largest absolute Gasteiger partial charge is 0.353 e. The van der Waals surface area contributed by atoms with E-state index in [9.17, 15) is 13.2 Å². The van der Waals surface area contributed by atoms with Crippen molar-refractivity contribution in [3.8, 4) is 0 Å². The molecule has 1 N–H and O–H groups in total. The number of sulfonamides is 1. The van der Waals surface area contributed by atoms with E-state index in [1.807, 2.05) is 20.8 Å². The summed E-state index contributed by atoms with van der Waals surface area (Å²) in [4.78, 5) is 12.5. The van der Waals surface area contributed by atoms with Crippen LogP contribution >= 0.6 is 11.6 Å². The molecule has 0 heterocycles. The van der Waals surface area contributed by atoms with Crippen molar-refractivity contribution in [2.24, 2.45) is 0 Å². The molecule has 0 aliphatic heterocycles. The van der Waals surface area contributed by atoms with Crippen LogP contribution < -0.4 is 5.32 Å². The van der Waals surface area contributed by atoms with Crippen LogP contribution in [0.25, 0.3) is 0 Å². The molecule has 0 aliphatic rings. The highest BCUT2D eigenvalue weighted by Gasteiger charge is 2.27. The van der Waals surface area contributed by atoms with Gasteiger partial charge in [-0.05, 0) is 44.0 Å². The summed E-state index contributed by atoms with van der Waals surface area (Å²) in [6.07, 6.45) is 0.765. The fraction of sp³-hybridized carbons (Fsp3) is 0.350. The lowest BCUT2D eigenvalue weighted by molar-refractivity contribution is -0.122. The molecule has 1 amide bonds. The average Bonchev–Trinajstić information content (AvgIpc) is 2.63. The third-order valence-electron chi connectivity index (χ3n) is 4.30.